The molecule has 0 heterocycles. The van der Waals surface area contributed by atoms with E-state index in [0.29, 0.717) is 12.6 Å². The zero-order valence-electron chi connectivity index (χ0n) is 11.8. The molecule has 1 aliphatic carbocycles. The molecule has 0 aromatic carbocycles. The van der Waals surface area contributed by atoms with Crippen molar-refractivity contribution in [3.63, 3.8) is 0 Å². The summed E-state index contributed by atoms with van der Waals surface area (Å²) in [5.74, 6) is 0. The van der Waals surface area contributed by atoms with E-state index in [4.69, 9.17) is 5.11 Å². The number of amides is 2. The molecule has 0 unspecified atom stereocenters. The lowest BCUT2D eigenvalue weighted by molar-refractivity contribution is 0.216. The van der Waals surface area contributed by atoms with Gasteiger partial charge in [0.15, 0.2) is 0 Å². The zero-order valence-corrected chi connectivity index (χ0v) is 11.8. The van der Waals surface area contributed by atoms with Crippen LogP contribution < -0.4 is 10.6 Å². The number of aliphatic hydroxyl groups excluding tert-OH is 1. The first-order valence-electron chi connectivity index (χ1n) is 7.19. The first-order valence-corrected chi connectivity index (χ1v) is 7.19. The van der Waals surface area contributed by atoms with E-state index in [1.807, 2.05) is 0 Å². The molecule has 1 saturated carbocycles. The fourth-order valence-electron chi connectivity index (χ4n) is 2.45. The Balaban J connectivity index is 2.19. The van der Waals surface area contributed by atoms with E-state index in [0.717, 1.165) is 25.7 Å². The fraction of sp³-hybridized carbons (Fsp3) is 0.929. The molecule has 18 heavy (non-hydrogen) atoms. The van der Waals surface area contributed by atoms with E-state index < -0.39 is 0 Å². The molecule has 0 atom stereocenters. The van der Waals surface area contributed by atoms with Crippen molar-refractivity contribution >= 4 is 6.03 Å². The van der Waals surface area contributed by atoms with Crippen LogP contribution in [-0.2, 0) is 0 Å². The van der Waals surface area contributed by atoms with Gasteiger partial charge in [-0.15, -0.1) is 0 Å². The lowest BCUT2D eigenvalue weighted by Crippen LogP contribution is -2.45. The Kier molecular flexibility index (Phi) is 6.47. The molecule has 106 valence electrons. The monoisotopic (exact) mass is 256 g/mol. The van der Waals surface area contributed by atoms with Gasteiger partial charge in [0, 0.05) is 19.2 Å². The molecule has 0 aromatic heterocycles. The minimum Gasteiger partial charge on any atom is -0.396 e. The van der Waals surface area contributed by atoms with Gasteiger partial charge >= 0.3 is 6.03 Å². The predicted octanol–water partition coefficient (Wildman–Crippen LogP) is 2.42. The molecule has 0 saturated heterocycles. The van der Waals surface area contributed by atoms with Crippen LogP contribution in [0.4, 0.5) is 4.79 Å². The number of aliphatic hydroxyl groups is 1. The van der Waals surface area contributed by atoms with Crippen LogP contribution in [0.1, 0.15) is 58.8 Å². The molecule has 0 radical (unpaired) electrons. The smallest absolute Gasteiger partial charge is 0.315 e. The molecule has 0 aromatic rings. The number of carbonyl (C=O) groups excluding carboxylic acids is 1. The number of carbonyl (C=O) groups is 1. The second kappa shape index (κ2) is 7.62. The lowest BCUT2D eigenvalue weighted by Gasteiger charge is -2.27. The molecule has 4 heteroatoms. The van der Waals surface area contributed by atoms with E-state index in [1.165, 1.54) is 19.3 Å². The third-order valence-electron chi connectivity index (χ3n) is 3.68. The van der Waals surface area contributed by atoms with Gasteiger partial charge in [0.2, 0.25) is 0 Å². The Morgan fingerprint density at radius 2 is 1.94 bits per heavy atom. The van der Waals surface area contributed by atoms with Crippen LogP contribution in [0.5, 0.6) is 0 Å². The second-order valence-electron chi connectivity index (χ2n) is 6.15. The van der Waals surface area contributed by atoms with E-state index in [9.17, 15) is 4.79 Å². The van der Waals surface area contributed by atoms with Crippen molar-refractivity contribution < 1.29 is 9.90 Å². The Morgan fingerprint density at radius 1 is 1.28 bits per heavy atom. The summed E-state index contributed by atoms with van der Waals surface area (Å²) >= 11 is 0. The SMILES string of the molecule is CC(C)(CCCO)CNC(=O)NC1CCCCC1. The maximum atomic E-state index is 11.8. The maximum Gasteiger partial charge on any atom is 0.315 e. The summed E-state index contributed by atoms with van der Waals surface area (Å²) in [4.78, 5) is 11.8. The molecule has 2 amide bonds. The average Bonchev–Trinajstić information content (AvgIpc) is 2.36. The second-order valence-corrected chi connectivity index (χ2v) is 6.15. The fourth-order valence-corrected chi connectivity index (χ4v) is 2.45. The lowest BCUT2D eigenvalue weighted by atomic mass is 9.88. The third-order valence-corrected chi connectivity index (χ3v) is 3.68. The molecule has 3 N–H and O–H groups in total. The molecular weight excluding hydrogens is 228 g/mol. The van der Waals surface area contributed by atoms with E-state index in [-0.39, 0.29) is 18.1 Å². The average molecular weight is 256 g/mol. The largest absolute Gasteiger partial charge is 0.396 e. The van der Waals surface area contributed by atoms with Gasteiger partial charge in [-0.25, -0.2) is 4.79 Å². The summed E-state index contributed by atoms with van der Waals surface area (Å²) in [5, 5.41) is 14.8. The highest BCUT2D eigenvalue weighted by Crippen LogP contribution is 2.21. The minimum absolute atomic E-state index is 0.0426. The van der Waals surface area contributed by atoms with Gasteiger partial charge in [-0.3, -0.25) is 0 Å². The highest BCUT2D eigenvalue weighted by atomic mass is 16.2. The molecule has 0 spiro atoms. The summed E-state index contributed by atoms with van der Waals surface area (Å²) in [6, 6.07) is 0.318. The number of urea groups is 1. The highest BCUT2D eigenvalue weighted by Gasteiger charge is 2.20. The molecule has 4 nitrogen and oxygen atoms in total. The summed E-state index contributed by atoms with van der Waals surface area (Å²) in [7, 11) is 0. The maximum absolute atomic E-state index is 11.8. The van der Waals surface area contributed by atoms with Crippen LogP contribution >= 0.6 is 0 Å². The van der Waals surface area contributed by atoms with Crippen molar-refractivity contribution in [3.05, 3.63) is 0 Å². The molecule has 1 rings (SSSR count). The topological polar surface area (TPSA) is 61.4 Å². The Hall–Kier alpha value is -0.770. The molecule has 0 aliphatic heterocycles. The first kappa shape index (κ1) is 15.3. The van der Waals surface area contributed by atoms with Crippen LogP contribution in [0.15, 0.2) is 0 Å². The van der Waals surface area contributed by atoms with Crippen LogP contribution in [0.25, 0.3) is 0 Å². The Morgan fingerprint density at radius 3 is 2.56 bits per heavy atom. The van der Waals surface area contributed by atoms with Gasteiger partial charge in [0.25, 0.3) is 0 Å². The number of rotatable bonds is 6. The van der Waals surface area contributed by atoms with Gasteiger partial charge in [0.05, 0.1) is 0 Å². The first-order chi connectivity index (χ1) is 8.53. The summed E-state index contributed by atoms with van der Waals surface area (Å²) in [6.07, 6.45) is 7.70. The molecule has 1 aliphatic rings. The van der Waals surface area contributed by atoms with Crippen LogP contribution in [0.3, 0.4) is 0 Å². The third kappa shape index (κ3) is 6.24. The molecule has 1 fully saturated rings. The normalized spacial score (nSPS) is 17.5. The van der Waals surface area contributed by atoms with Crippen molar-refractivity contribution in [2.75, 3.05) is 13.2 Å². The predicted molar refractivity (Wildman–Crippen MR) is 73.5 cm³/mol. The van der Waals surface area contributed by atoms with Crippen LogP contribution in [0, 0.1) is 5.41 Å². The molecular formula is C14H28N2O2. The molecule has 0 bridgehead atoms. The van der Waals surface area contributed by atoms with Crippen molar-refractivity contribution in [2.45, 2.75) is 64.8 Å². The summed E-state index contributed by atoms with van der Waals surface area (Å²) in [5.41, 5.74) is 0.0482. The Bertz CT molecular complexity index is 248. The van der Waals surface area contributed by atoms with Gasteiger partial charge in [-0.2, -0.15) is 0 Å². The van der Waals surface area contributed by atoms with E-state index in [2.05, 4.69) is 24.5 Å². The summed E-state index contributed by atoms with van der Waals surface area (Å²) in [6.45, 7) is 5.11. The van der Waals surface area contributed by atoms with Gasteiger partial charge in [-0.05, 0) is 31.1 Å². The number of nitrogens with one attached hydrogen (secondary N) is 2. The van der Waals surface area contributed by atoms with E-state index >= 15 is 0 Å². The van der Waals surface area contributed by atoms with Crippen molar-refractivity contribution in [2.24, 2.45) is 5.41 Å². The zero-order chi connectivity index (χ0) is 13.4. The van der Waals surface area contributed by atoms with Crippen LogP contribution in [0.2, 0.25) is 0 Å². The standard InChI is InChI=1S/C14H28N2O2/c1-14(2,9-6-10-17)11-15-13(18)16-12-7-4-3-5-8-12/h12,17H,3-11H2,1-2H3,(H2,15,16,18). The van der Waals surface area contributed by atoms with Crippen molar-refractivity contribution in [1.82, 2.24) is 10.6 Å². The quantitative estimate of drug-likeness (QED) is 0.683. The highest BCUT2D eigenvalue weighted by molar-refractivity contribution is 5.74. The number of hydrogen-bond donors (Lipinski definition) is 3. The van der Waals surface area contributed by atoms with Gasteiger partial charge in [0.1, 0.15) is 0 Å². The minimum atomic E-state index is -0.0426. The summed E-state index contributed by atoms with van der Waals surface area (Å²) < 4.78 is 0. The van der Waals surface area contributed by atoms with Crippen molar-refractivity contribution in [1.29, 1.82) is 0 Å². The Labute approximate surface area is 111 Å². The van der Waals surface area contributed by atoms with Gasteiger partial charge < -0.3 is 15.7 Å². The number of hydrogen-bond acceptors (Lipinski definition) is 2. The van der Waals surface area contributed by atoms with Crippen molar-refractivity contribution in [3.8, 4) is 0 Å². The van der Waals surface area contributed by atoms with Gasteiger partial charge in [-0.1, -0.05) is 33.1 Å². The van der Waals surface area contributed by atoms with E-state index in [1.54, 1.807) is 0 Å². The van der Waals surface area contributed by atoms with Crippen LogP contribution in [-0.4, -0.2) is 30.3 Å².